The number of amides is 2. The number of carbonyl (C=O) groups is 1. The van der Waals surface area contributed by atoms with Crippen LogP contribution in [0, 0.1) is 19.8 Å². The number of aliphatic hydroxyl groups is 1. The van der Waals surface area contributed by atoms with Gasteiger partial charge in [0.1, 0.15) is 0 Å². The number of hydrogen-bond donors (Lipinski definition) is 3. The highest BCUT2D eigenvalue weighted by Crippen LogP contribution is 2.23. The Balaban J connectivity index is 1.40. The number of H-pyrrole nitrogens is 1. The molecule has 3 N–H and O–H groups in total. The first-order valence-corrected chi connectivity index (χ1v) is 9.80. The highest BCUT2D eigenvalue weighted by Gasteiger charge is 2.27. The van der Waals surface area contributed by atoms with Gasteiger partial charge in [-0.2, -0.15) is 5.10 Å². The largest absolute Gasteiger partial charge is 0.393 e. The van der Waals surface area contributed by atoms with Crippen LogP contribution in [0.3, 0.4) is 0 Å². The van der Waals surface area contributed by atoms with Crippen molar-refractivity contribution in [1.82, 2.24) is 20.4 Å². The second-order valence-corrected chi connectivity index (χ2v) is 7.49. The summed E-state index contributed by atoms with van der Waals surface area (Å²) in [6.07, 6.45) is 3.08. The van der Waals surface area contributed by atoms with Crippen molar-refractivity contribution in [2.45, 2.75) is 52.2 Å². The van der Waals surface area contributed by atoms with E-state index in [0.717, 1.165) is 42.6 Å². The molecule has 2 heterocycles. The molecule has 27 heavy (non-hydrogen) atoms. The third kappa shape index (κ3) is 5.10. The fourth-order valence-electron chi connectivity index (χ4n) is 3.79. The Hall–Kier alpha value is -2.34. The number of urea groups is 1. The Bertz CT molecular complexity index is 716. The van der Waals surface area contributed by atoms with Gasteiger partial charge < -0.3 is 15.3 Å². The molecule has 0 radical (unpaired) electrons. The summed E-state index contributed by atoms with van der Waals surface area (Å²) in [6.45, 7) is 5.79. The van der Waals surface area contributed by atoms with E-state index in [1.807, 2.05) is 36.9 Å². The summed E-state index contributed by atoms with van der Waals surface area (Å²) in [5, 5.41) is 20.6. The minimum absolute atomic E-state index is 0.0350. The van der Waals surface area contributed by atoms with Crippen molar-refractivity contribution in [3.05, 3.63) is 52.8 Å². The minimum atomic E-state index is -0.299. The van der Waals surface area contributed by atoms with Crippen molar-refractivity contribution in [2.24, 2.45) is 5.92 Å². The molecular weight excluding hydrogens is 340 g/mol. The average molecular weight is 370 g/mol. The van der Waals surface area contributed by atoms with Crippen molar-refractivity contribution < 1.29 is 9.90 Å². The van der Waals surface area contributed by atoms with Crippen LogP contribution < -0.4 is 5.32 Å². The van der Waals surface area contributed by atoms with Crippen LogP contribution in [0.4, 0.5) is 4.79 Å². The Labute approximate surface area is 161 Å². The Morgan fingerprint density at radius 2 is 2.00 bits per heavy atom. The smallest absolute Gasteiger partial charge is 0.317 e. The number of nitrogens with zero attached hydrogens (tertiary/aromatic N) is 2. The molecule has 146 valence electrons. The van der Waals surface area contributed by atoms with Gasteiger partial charge in [-0.15, -0.1) is 0 Å². The molecule has 1 atom stereocenters. The van der Waals surface area contributed by atoms with E-state index in [1.54, 1.807) is 0 Å². The molecule has 6 nitrogen and oxygen atoms in total. The number of carbonyl (C=O) groups excluding carboxylic acids is 1. The molecule has 2 aromatic rings. The summed E-state index contributed by atoms with van der Waals surface area (Å²) >= 11 is 0. The number of hydrogen-bond acceptors (Lipinski definition) is 3. The van der Waals surface area contributed by atoms with E-state index in [2.05, 4.69) is 27.6 Å². The van der Waals surface area contributed by atoms with Crippen LogP contribution in [-0.2, 0) is 13.0 Å². The zero-order chi connectivity index (χ0) is 19.2. The third-order valence-electron chi connectivity index (χ3n) is 5.64. The van der Waals surface area contributed by atoms with Gasteiger partial charge in [-0.3, -0.25) is 5.10 Å². The molecule has 1 aromatic heterocycles. The quantitative estimate of drug-likeness (QED) is 0.731. The molecule has 1 fully saturated rings. The van der Waals surface area contributed by atoms with Crippen LogP contribution in [0.15, 0.2) is 30.3 Å². The van der Waals surface area contributed by atoms with Crippen molar-refractivity contribution in [3.8, 4) is 0 Å². The lowest BCUT2D eigenvalue weighted by atomic mass is 9.88. The van der Waals surface area contributed by atoms with Gasteiger partial charge in [-0.1, -0.05) is 30.3 Å². The van der Waals surface area contributed by atoms with Crippen LogP contribution >= 0.6 is 0 Å². The summed E-state index contributed by atoms with van der Waals surface area (Å²) in [7, 11) is 0. The standard InChI is InChI=1S/C21H30N4O2/c1-15-19(16(2)24-23-15)14-22-21(27)25-12-10-18(11-13-25)20(26)9-8-17-6-4-3-5-7-17/h3-7,18,20,26H,8-14H2,1-2H3,(H,22,27)(H,23,24)/t20-/m1/s1. The second kappa shape index (κ2) is 9.04. The maximum absolute atomic E-state index is 12.4. The van der Waals surface area contributed by atoms with Gasteiger partial charge in [0, 0.05) is 30.9 Å². The Morgan fingerprint density at radius 3 is 2.63 bits per heavy atom. The number of rotatable bonds is 6. The molecule has 0 aliphatic carbocycles. The number of aryl methyl sites for hydroxylation is 3. The number of benzene rings is 1. The van der Waals surface area contributed by atoms with E-state index in [4.69, 9.17) is 0 Å². The van der Waals surface area contributed by atoms with Gasteiger partial charge in [0.05, 0.1) is 11.8 Å². The molecule has 1 aromatic carbocycles. The van der Waals surface area contributed by atoms with Crippen LogP contribution in [0.25, 0.3) is 0 Å². The van der Waals surface area contributed by atoms with Crippen LogP contribution in [-0.4, -0.2) is 45.4 Å². The molecule has 0 unspecified atom stereocenters. The fraction of sp³-hybridized carbons (Fsp3) is 0.524. The topological polar surface area (TPSA) is 81.2 Å². The van der Waals surface area contributed by atoms with E-state index in [0.29, 0.717) is 19.6 Å². The number of aliphatic hydroxyl groups excluding tert-OH is 1. The summed E-state index contributed by atoms with van der Waals surface area (Å²) in [5.74, 6) is 0.274. The zero-order valence-electron chi connectivity index (χ0n) is 16.2. The fourth-order valence-corrected chi connectivity index (χ4v) is 3.79. The van der Waals surface area contributed by atoms with Crippen LogP contribution in [0.1, 0.15) is 41.8 Å². The summed E-state index contributed by atoms with van der Waals surface area (Å²) in [5.41, 5.74) is 4.23. The predicted molar refractivity (Wildman–Crippen MR) is 105 cm³/mol. The van der Waals surface area contributed by atoms with Crippen molar-refractivity contribution >= 4 is 6.03 Å². The maximum atomic E-state index is 12.4. The first-order valence-electron chi connectivity index (χ1n) is 9.80. The Morgan fingerprint density at radius 1 is 1.30 bits per heavy atom. The summed E-state index contributed by atoms with van der Waals surface area (Å²) in [6, 6.07) is 10.2. The molecule has 1 aliphatic rings. The van der Waals surface area contributed by atoms with Gasteiger partial charge in [-0.25, -0.2) is 4.79 Å². The van der Waals surface area contributed by atoms with Crippen molar-refractivity contribution in [2.75, 3.05) is 13.1 Å². The van der Waals surface area contributed by atoms with Gasteiger partial charge in [0.25, 0.3) is 0 Å². The van der Waals surface area contributed by atoms with E-state index >= 15 is 0 Å². The molecule has 0 bridgehead atoms. The lowest BCUT2D eigenvalue weighted by molar-refractivity contribution is 0.0610. The number of aromatic amines is 1. The first kappa shape index (κ1) is 19.4. The van der Waals surface area contributed by atoms with Crippen molar-refractivity contribution in [3.63, 3.8) is 0 Å². The number of nitrogens with one attached hydrogen (secondary N) is 2. The number of likely N-dealkylation sites (tertiary alicyclic amines) is 1. The van der Waals surface area contributed by atoms with Crippen LogP contribution in [0.2, 0.25) is 0 Å². The predicted octanol–water partition coefficient (Wildman–Crippen LogP) is 2.94. The molecule has 1 saturated heterocycles. The monoisotopic (exact) mass is 370 g/mol. The lowest BCUT2D eigenvalue weighted by Gasteiger charge is -2.34. The van der Waals surface area contributed by atoms with Gasteiger partial charge in [-0.05, 0) is 51.0 Å². The first-order chi connectivity index (χ1) is 13.0. The number of piperidine rings is 1. The van der Waals surface area contributed by atoms with Gasteiger partial charge >= 0.3 is 6.03 Å². The molecule has 1 aliphatic heterocycles. The molecular formula is C21H30N4O2. The van der Waals surface area contributed by atoms with Gasteiger partial charge in [0.15, 0.2) is 0 Å². The van der Waals surface area contributed by atoms with Gasteiger partial charge in [0.2, 0.25) is 0 Å². The van der Waals surface area contributed by atoms with E-state index in [1.165, 1.54) is 5.56 Å². The molecule has 3 rings (SSSR count). The Kier molecular flexibility index (Phi) is 6.50. The highest BCUT2D eigenvalue weighted by atomic mass is 16.3. The number of aromatic nitrogens is 2. The molecule has 2 amide bonds. The summed E-state index contributed by atoms with van der Waals surface area (Å²) < 4.78 is 0. The maximum Gasteiger partial charge on any atom is 0.317 e. The van der Waals surface area contributed by atoms with E-state index in [9.17, 15) is 9.90 Å². The lowest BCUT2D eigenvalue weighted by Crippen LogP contribution is -2.45. The minimum Gasteiger partial charge on any atom is -0.393 e. The van der Waals surface area contributed by atoms with Crippen LogP contribution in [0.5, 0.6) is 0 Å². The third-order valence-corrected chi connectivity index (χ3v) is 5.64. The van der Waals surface area contributed by atoms with E-state index in [-0.39, 0.29) is 18.1 Å². The SMILES string of the molecule is Cc1n[nH]c(C)c1CNC(=O)N1CCC([C@H](O)CCc2ccccc2)CC1. The van der Waals surface area contributed by atoms with E-state index < -0.39 is 0 Å². The van der Waals surface area contributed by atoms with Crippen molar-refractivity contribution in [1.29, 1.82) is 0 Å². The summed E-state index contributed by atoms with van der Waals surface area (Å²) in [4.78, 5) is 14.3. The zero-order valence-corrected chi connectivity index (χ0v) is 16.2. The molecule has 0 spiro atoms. The molecule has 6 heteroatoms. The molecule has 0 saturated carbocycles. The second-order valence-electron chi connectivity index (χ2n) is 7.49. The average Bonchev–Trinajstić information content (AvgIpc) is 3.02. The highest BCUT2D eigenvalue weighted by molar-refractivity contribution is 5.74. The normalized spacial score (nSPS) is 16.3.